The predicted molar refractivity (Wildman–Crippen MR) is 82.1 cm³/mol. The van der Waals surface area contributed by atoms with Crippen molar-refractivity contribution in [3.05, 3.63) is 48.0 Å². The monoisotopic (exact) mass is 289 g/mol. The Kier molecular flexibility index (Phi) is 6.26. The van der Waals surface area contributed by atoms with Gasteiger partial charge >= 0.3 is 0 Å². The lowest BCUT2D eigenvalue weighted by molar-refractivity contribution is 0.0624. The second-order valence-electron chi connectivity index (χ2n) is 5.01. The van der Waals surface area contributed by atoms with Crippen molar-refractivity contribution in [2.75, 3.05) is 20.8 Å². The van der Waals surface area contributed by atoms with E-state index in [1.54, 1.807) is 26.4 Å². The van der Waals surface area contributed by atoms with Crippen LogP contribution >= 0.6 is 0 Å². The van der Waals surface area contributed by atoms with Gasteiger partial charge in [0, 0.05) is 0 Å². The Labute approximate surface area is 126 Å². The molecule has 1 N–H and O–H groups in total. The van der Waals surface area contributed by atoms with Gasteiger partial charge in [0.1, 0.15) is 16.9 Å². The average Bonchev–Trinajstić information content (AvgIpc) is 2.48. The van der Waals surface area contributed by atoms with Crippen molar-refractivity contribution in [1.82, 2.24) is 0 Å². The number of aliphatic hydroxyl groups is 1. The molecule has 0 bridgehead atoms. The number of aliphatic hydroxyl groups excluding tert-OH is 1. The van der Waals surface area contributed by atoms with Gasteiger partial charge in [-0.2, -0.15) is 5.26 Å². The van der Waals surface area contributed by atoms with Crippen molar-refractivity contribution in [3.8, 4) is 6.07 Å². The highest BCUT2D eigenvalue weighted by molar-refractivity contribution is 5.40. The number of nitriles is 1. The quantitative estimate of drug-likeness (QED) is 0.697. The molecule has 4 nitrogen and oxygen atoms in total. The van der Waals surface area contributed by atoms with Gasteiger partial charge in [0.05, 0.1) is 33.3 Å². The third-order valence-corrected chi connectivity index (χ3v) is 3.78. The van der Waals surface area contributed by atoms with Gasteiger partial charge in [-0.05, 0) is 30.4 Å². The van der Waals surface area contributed by atoms with Crippen LogP contribution in [0, 0.1) is 16.7 Å². The minimum Gasteiger partial charge on any atom is -0.500 e. The van der Waals surface area contributed by atoms with Crippen LogP contribution in [-0.2, 0) is 9.47 Å². The molecule has 0 heterocycles. The highest BCUT2D eigenvalue weighted by Gasteiger charge is 2.46. The molecule has 0 radical (unpaired) electrons. The molecule has 1 rings (SSSR count). The number of nitrogens with zero attached hydrogens (tertiary/aromatic N) is 1. The molecule has 0 atom stereocenters. The normalized spacial score (nSPS) is 17.2. The van der Waals surface area contributed by atoms with Crippen LogP contribution in [0.4, 0.5) is 0 Å². The summed E-state index contributed by atoms with van der Waals surface area (Å²) in [4.78, 5) is 0. The minimum absolute atomic E-state index is 0.0944. The summed E-state index contributed by atoms with van der Waals surface area (Å²) in [5, 5.41) is 19.2. The van der Waals surface area contributed by atoms with Crippen molar-refractivity contribution >= 4 is 0 Å². The molecule has 114 valence electrons. The van der Waals surface area contributed by atoms with Crippen molar-refractivity contribution in [2.24, 2.45) is 5.41 Å². The van der Waals surface area contributed by atoms with Crippen LogP contribution in [0.1, 0.15) is 25.7 Å². The molecular weight excluding hydrogens is 266 g/mol. The summed E-state index contributed by atoms with van der Waals surface area (Å²) in [7, 11) is 3.12. The van der Waals surface area contributed by atoms with E-state index >= 15 is 0 Å². The summed E-state index contributed by atoms with van der Waals surface area (Å²) in [5.41, 5.74) is 1.11. The Balaban J connectivity index is 3.55. The van der Waals surface area contributed by atoms with Gasteiger partial charge in [-0.1, -0.05) is 12.2 Å². The first-order valence-electron chi connectivity index (χ1n) is 6.87. The Morgan fingerprint density at radius 2 is 1.67 bits per heavy atom. The fourth-order valence-electron chi connectivity index (χ4n) is 3.05. The number of methoxy groups -OCH3 is 2. The molecule has 0 aromatic rings. The number of rotatable bonds is 8. The van der Waals surface area contributed by atoms with E-state index in [2.05, 4.69) is 19.2 Å². The summed E-state index contributed by atoms with van der Waals surface area (Å²) in [6.45, 7) is 7.30. The van der Waals surface area contributed by atoms with Gasteiger partial charge in [-0.3, -0.25) is 0 Å². The van der Waals surface area contributed by atoms with Gasteiger partial charge in [0.25, 0.3) is 0 Å². The predicted octanol–water partition coefficient (Wildman–Crippen LogP) is 3.24. The lowest BCUT2D eigenvalue weighted by Crippen LogP contribution is -2.36. The summed E-state index contributed by atoms with van der Waals surface area (Å²) in [6, 6.07) is 2.14. The largest absolute Gasteiger partial charge is 0.500 e. The maximum Gasteiger partial charge on any atom is 0.121 e. The van der Waals surface area contributed by atoms with Crippen molar-refractivity contribution in [2.45, 2.75) is 25.7 Å². The Bertz CT molecular complexity index is 475. The third-order valence-electron chi connectivity index (χ3n) is 3.78. The molecule has 0 amide bonds. The maximum atomic E-state index is 10.0. The van der Waals surface area contributed by atoms with E-state index < -0.39 is 5.41 Å². The van der Waals surface area contributed by atoms with E-state index in [4.69, 9.17) is 9.47 Å². The minimum atomic E-state index is -0.937. The number of hydrogen-bond donors (Lipinski definition) is 1. The topological polar surface area (TPSA) is 62.5 Å². The van der Waals surface area contributed by atoms with Crippen LogP contribution in [-0.4, -0.2) is 25.9 Å². The molecule has 0 spiro atoms. The molecule has 0 saturated carbocycles. The van der Waals surface area contributed by atoms with Crippen LogP contribution in [0.25, 0.3) is 0 Å². The third kappa shape index (κ3) is 3.03. The lowest BCUT2D eigenvalue weighted by atomic mass is 9.72. The Morgan fingerprint density at radius 3 is 1.95 bits per heavy atom. The molecule has 0 saturated heterocycles. The molecule has 0 fully saturated rings. The molecule has 0 aliphatic heterocycles. The second kappa shape index (κ2) is 7.70. The van der Waals surface area contributed by atoms with Gasteiger partial charge < -0.3 is 14.6 Å². The highest BCUT2D eigenvalue weighted by Crippen LogP contribution is 2.49. The fourth-order valence-corrected chi connectivity index (χ4v) is 3.05. The molecule has 0 unspecified atom stereocenters. The zero-order valence-corrected chi connectivity index (χ0v) is 12.8. The summed E-state index contributed by atoms with van der Waals surface area (Å²) >= 11 is 0. The van der Waals surface area contributed by atoms with Gasteiger partial charge in [0.2, 0.25) is 0 Å². The van der Waals surface area contributed by atoms with Gasteiger partial charge in [-0.15, -0.1) is 13.2 Å². The van der Waals surface area contributed by atoms with Gasteiger partial charge in [-0.25, -0.2) is 0 Å². The fraction of sp³-hybridized carbons (Fsp3) is 0.471. The highest BCUT2D eigenvalue weighted by atomic mass is 16.5. The molecule has 1 aliphatic carbocycles. The Morgan fingerprint density at radius 1 is 1.19 bits per heavy atom. The average molecular weight is 289 g/mol. The maximum absolute atomic E-state index is 10.0. The van der Waals surface area contributed by atoms with Crippen molar-refractivity contribution in [1.29, 1.82) is 5.26 Å². The van der Waals surface area contributed by atoms with E-state index in [1.165, 1.54) is 0 Å². The smallest absolute Gasteiger partial charge is 0.121 e. The van der Waals surface area contributed by atoms with Crippen molar-refractivity contribution in [3.63, 3.8) is 0 Å². The SMILES string of the molecule is C=CCC1=C(OC)C(CO)(CC#N)C(OC)=C(CC=C)C1. The first-order chi connectivity index (χ1) is 10.1. The first kappa shape index (κ1) is 17.1. The Hall–Kier alpha value is -1.99. The number of allylic oxidation sites excluding steroid dienone is 4. The number of ether oxygens (including phenoxy) is 2. The first-order valence-corrected chi connectivity index (χ1v) is 6.87. The van der Waals surface area contributed by atoms with Crippen LogP contribution in [0.3, 0.4) is 0 Å². The van der Waals surface area contributed by atoms with Crippen LogP contribution in [0.5, 0.6) is 0 Å². The molecule has 1 aliphatic rings. The van der Waals surface area contributed by atoms with Crippen LogP contribution in [0.2, 0.25) is 0 Å². The standard InChI is InChI=1S/C17H23NO3/c1-5-7-13-11-14(8-6-2)16(21-4)17(12-19,9-10-18)15(13)20-3/h5-6,19H,1-2,7-9,11-12H2,3-4H3. The molecule has 21 heavy (non-hydrogen) atoms. The number of hydrogen-bond acceptors (Lipinski definition) is 4. The van der Waals surface area contributed by atoms with Crippen molar-refractivity contribution < 1.29 is 14.6 Å². The summed E-state index contributed by atoms with van der Waals surface area (Å²) in [5.74, 6) is 1.24. The molecule has 0 aromatic carbocycles. The molecule has 0 aromatic heterocycles. The lowest BCUT2D eigenvalue weighted by Gasteiger charge is -2.39. The molecular formula is C17H23NO3. The van der Waals surface area contributed by atoms with E-state index in [0.29, 0.717) is 30.8 Å². The van der Waals surface area contributed by atoms with E-state index in [9.17, 15) is 10.4 Å². The van der Waals surface area contributed by atoms with Gasteiger partial charge in [0.15, 0.2) is 0 Å². The van der Waals surface area contributed by atoms with E-state index in [0.717, 1.165) is 11.1 Å². The van der Waals surface area contributed by atoms with E-state index in [-0.39, 0.29) is 13.0 Å². The van der Waals surface area contributed by atoms with E-state index in [1.807, 2.05) is 0 Å². The zero-order chi connectivity index (χ0) is 15.9. The summed E-state index contributed by atoms with van der Waals surface area (Å²) in [6.07, 6.45) is 5.66. The zero-order valence-electron chi connectivity index (χ0n) is 12.8. The molecule has 4 heteroatoms. The van der Waals surface area contributed by atoms with Crippen LogP contribution in [0.15, 0.2) is 48.0 Å². The summed E-state index contributed by atoms with van der Waals surface area (Å²) < 4.78 is 11.1. The second-order valence-corrected chi connectivity index (χ2v) is 5.01. The van der Waals surface area contributed by atoms with Crippen LogP contribution < -0.4 is 0 Å².